The highest BCUT2D eigenvalue weighted by Gasteiger charge is 2.37. The Labute approximate surface area is 290 Å². The summed E-state index contributed by atoms with van der Waals surface area (Å²) < 4.78 is 62.7. The third-order valence-electron chi connectivity index (χ3n) is 9.43. The highest BCUT2D eigenvalue weighted by molar-refractivity contribution is 6.74. The van der Waals surface area contributed by atoms with Crippen molar-refractivity contribution in [2.24, 2.45) is 0 Å². The summed E-state index contributed by atoms with van der Waals surface area (Å²) in [5.74, 6) is 1.85. The molecule has 4 heterocycles. The third kappa shape index (κ3) is 7.24. The van der Waals surface area contributed by atoms with E-state index in [4.69, 9.17) is 18.9 Å². The quantitative estimate of drug-likeness (QED) is 0.0937. The van der Waals surface area contributed by atoms with Crippen LogP contribution in [-0.4, -0.2) is 67.9 Å². The molecule has 0 radical (unpaired) electrons. The van der Waals surface area contributed by atoms with Crippen LogP contribution in [0.2, 0.25) is 18.1 Å². The molecule has 15 heteroatoms. The fourth-order valence-corrected chi connectivity index (χ4v) is 6.47. The van der Waals surface area contributed by atoms with Crippen molar-refractivity contribution in [3.63, 3.8) is 0 Å². The van der Waals surface area contributed by atoms with Gasteiger partial charge in [-0.25, -0.2) is 29.6 Å². The van der Waals surface area contributed by atoms with Crippen LogP contribution in [0.15, 0.2) is 43.1 Å². The first-order valence-electron chi connectivity index (χ1n) is 16.7. The Morgan fingerprint density at radius 2 is 1.76 bits per heavy atom. The molecule has 0 spiro atoms. The molecule has 1 saturated carbocycles. The lowest BCUT2D eigenvalue weighted by atomic mass is 10.1. The highest BCUT2D eigenvalue weighted by atomic mass is 28.4. The van der Waals surface area contributed by atoms with Crippen molar-refractivity contribution < 1.29 is 27.1 Å². The van der Waals surface area contributed by atoms with Gasteiger partial charge in [-0.15, -0.1) is 0 Å². The van der Waals surface area contributed by atoms with E-state index >= 15 is 0 Å². The van der Waals surface area contributed by atoms with E-state index in [9.17, 15) is 13.2 Å². The maximum Gasteiger partial charge on any atom is 0.434 e. The van der Waals surface area contributed by atoms with Gasteiger partial charge in [-0.05, 0) is 50.9 Å². The zero-order valence-corrected chi connectivity index (χ0v) is 30.7. The van der Waals surface area contributed by atoms with E-state index in [2.05, 4.69) is 58.9 Å². The number of ether oxygens (including phenoxy) is 2. The van der Waals surface area contributed by atoms with Crippen LogP contribution in [0, 0.1) is 0 Å². The maximum absolute atomic E-state index is 13.7. The average molecular weight is 709 g/mol. The molecule has 5 aromatic rings. The number of methoxy groups -OCH3 is 1. The minimum Gasteiger partial charge on any atom is -0.491 e. The summed E-state index contributed by atoms with van der Waals surface area (Å²) in [7, 11) is -0.471. The number of benzene rings is 1. The zero-order valence-electron chi connectivity index (χ0n) is 29.7. The second kappa shape index (κ2) is 13.4. The molecule has 0 aliphatic heterocycles. The summed E-state index contributed by atoms with van der Waals surface area (Å²) in [6, 6.07) is 5.08. The largest absolute Gasteiger partial charge is 0.491 e. The number of hydrogen-bond acceptors (Lipinski definition) is 9. The topological polar surface area (TPSA) is 115 Å². The van der Waals surface area contributed by atoms with Crippen molar-refractivity contribution in [2.45, 2.75) is 90.3 Å². The molecular weight excluding hydrogens is 666 g/mol. The lowest BCUT2D eigenvalue weighted by Crippen LogP contribution is -2.41. The van der Waals surface area contributed by atoms with E-state index in [0.717, 1.165) is 35.7 Å². The molecule has 0 saturated heterocycles. The first-order valence-corrected chi connectivity index (χ1v) is 19.6. The minimum absolute atomic E-state index is 0.0271. The van der Waals surface area contributed by atoms with Gasteiger partial charge in [-0.3, -0.25) is 0 Å². The first kappa shape index (κ1) is 35.5. The summed E-state index contributed by atoms with van der Waals surface area (Å²) in [5, 5.41) is 5.38. The number of aromatic nitrogens is 8. The number of fused-ring (bicyclic) bond motifs is 1. The van der Waals surface area contributed by atoms with Crippen LogP contribution in [0.25, 0.3) is 33.8 Å². The van der Waals surface area contributed by atoms with Crippen LogP contribution in [0.4, 0.5) is 13.2 Å². The van der Waals surface area contributed by atoms with Gasteiger partial charge in [0.05, 0.1) is 37.5 Å². The van der Waals surface area contributed by atoms with Crippen molar-refractivity contribution in [1.82, 2.24) is 39.3 Å². The number of hydrogen-bond donors (Lipinski definition) is 0. The molecule has 0 bridgehead atoms. The number of alkyl halides is 3. The predicted molar refractivity (Wildman–Crippen MR) is 186 cm³/mol. The van der Waals surface area contributed by atoms with Gasteiger partial charge in [0.25, 0.3) is 0 Å². The van der Waals surface area contributed by atoms with Crippen LogP contribution in [-0.2, 0) is 17.1 Å². The van der Waals surface area contributed by atoms with Gasteiger partial charge >= 0.3 is 6.18 Å². The van der Waals surface area contributed by atoms with Crippen LogP contribution >= 0.6 is 0 Å². The van der Waals surface area contributed by atoms with Crippen molar-refractivity contribution in [3.8, 4) is 34.4 Å². The number of nitrogens with zero attached hydrogens (tertiary/aromatic N) is 8. The lowest BCUT2D eigenvalue weighted by Gasteiger charge is -2.36. The third-order valence-corrected chi connectivity index (χ3v) is 14.0. The molecule has 266 valence electrons. The summed E-state index contributed by atoms with van der Waals surface area (Å²) in [6.45, 7) is 15.4. The molecule has 1 aliphatic rings. The van der Waals surface area contributed by atoms with E-state index in [1.165, 1.54) is 10.9 Å². The van der Waals surface area contributed by atoms with Gasteiger partial charge < -0.3 is 18.5 Å². The van der Waals surface area contributed by atoms with Gasteiger partial charge in [0.2, 0.25) is 5.88 Å². The van der Waals surface area contributed by atoms with Crippen molar-refractivity contribution in [1.29, 1.82) is 0 Å². The van der Waals surface area contributed by atoms with E-state index in [1.807, 2.05) is 19.9 Å². The van der Waals surface area contributed by atoms with E-state index in [0.29, 0.717) is 46.8 Å². The summed E-state index contributed by atoms with van der Waals surface area (Å²) in [4.78, 5) is 22.4. The molecule has 0 unspecified atom stereocenters. The lowest BCUT2D eigenvalue weighted by molar-refractivity contribution is -0.140. The normalized spacial score (nSPS) is 14.2. The Morgan fingerprint density at radius 1 is 1.00 bits per heavy atom. The van der Waals surface area contributed by atoms with Crippen molar-refractivity contribution in [2.75, 3.05) is 20.3 Å². The molecule has 50 heavy (non-hydrogen) atoms. The molecule has 1 aromatic carbocycles. The Morgan fingerprint density at radius 3 is 2.42 bits per heavy atom. The van der Waals surface area contributed by atoms with E-state index < -0.39 is 20.2 Å². The first-order chi connectivity index (χ1) is 23.6. The Balaban J connectivity index is 1.37. The molecule has 6 rings (SSSR count). The van der Waals surface area contributed by atoms with Gasteiger partial charge in [0.1, 0.15) is 30.1 Å². The maximum atomic E-state index is 13.7. The fraction of sp³-hybridized carbons (Fsp3) is 0.486. The molecule has 0 atom stereocenters. The summed E-state index contributed by atoms with van der Waals surface area (Å²) >= 11 is 0. The van der Waals surface area contributed by atoms with E-state index in [1.54, 1.807) is 36.3 Å². The molecule has 1 fully saturated rings. The standard InChI is InChI=1S/C35H43F3N8O3Si/c1-21(2)45-19-27(35(36,37)38)43-31(45)23-11-12-24(26(15-23)48-13-14-49-50(7,8)34(3,4)5)18-46-32-25(17-42-46)16-39-30(44-32)28-29(22-9-10-22)40-20-41-33(28)47-6/h11-12,15-17,19-22H,9-10,13-14,18H2,1-8H3. The van der Waals surface area contributed by atoms with Crippen molar-refractivity contribution >= 4 is 19.4 Å². The number of imidazole rings is 1. The Hall–Kier alpha value is -4.37. The zero-order chi connectivity index (χ0) is 36.0. The van der Waals surface area contributed by atoms with Crippen LogP contribution in [0.1, 0.15) is 76.4 Å². The summed E-state index contributed by atoms with van der Waals surface area (Å²) in [5.41, 5.74) is 2.42. The molecule has 11 nitrogen and oxygen atoms in total. The monoisotopic (exact) mass is 708 g/mol. The number of halogens is 3. The second-order valence-electron chi connectivity index (χ2n) is 14.4. The van der Waals surface area contributed by atoms with E-state index in [-0.39, 0.29) is 30.1 Å². The second-order valence-corrected chi connectivity index (χ2v) is 19.2. The van der Waals surface area contributed by atoms with Gasteiger partial charge in [-0.2, -0.15) is 18.3 Å². The summed E-state index contributed by atoms with van der Waals surface area (Å²) in [6.07, 6.45) is 3.44. The van der Waals surface area contributed by atoms with Gasteiger partial charge in [0.15, 0.2) is 25.5 Å². The van der Waals surface area contributed by atoms with Gasteiger partial charge in [0, 0.05) is 35.5 Å². The Bertz CT molecular complexity index is 2000. The van der Waals surface area contributed by atoms with Gasteiger partial charge in [-0.1, -0.05) is 32.9 Å². The molecule has 0 amide bonds. The molecular formula is C35H43F3N8O3Si. The minimum atomic E-state index is -4.58. The SMILES string of the molecule is COc1ncnc(C2CC2)c1-c1ncc2cnn(Cc3ccc(-c4nc(C(F)(F)F)cn4C(C)C)cc3OCCO[Si](C)(C)C(C)(C)C)c2n1. The molecule has 1 aliphatic carbocycles. The average Bonchev–Trinajstić information content (AvgIpc) is 3.67. The Kier molecular flexibility index (Phi) is 9.50. The fourth-order valence-electron chi connectivity index (χ4n) is 5.44. The highest BCUT2D eigenvalue weighted by Crippen LogP contribution is 2.45. The number of rotatable bonds is 12. The van der Waals surface area contributed by atoms with Crippen LogP contribution in [0.3, 0.4) is 0 Å². The van der Waals surface area contributed by atoms with Crippen molar-refractivity contribution in [3.05, 3.63) is 60.1 Å². The van der Waals surface area contributed by atoms with Crippen LogP contribution in [0.5, 0.6) is 11.6 Å². The smallest absolute Gasteiger partial charge is 0.434 e. The predicted octanol–water partition coefficient (Wildman–Crippen LogP) is 8.08. The van der Waals surface area contributed by atoms with Crippen LogP contribution < -0.4 is 9.47 Å². The molecule has 4 aromatic heterocycles. The molecule has 0 N–H and O–H groups in total.